The number of carbonyl (C=O) groups excluding carboxylic acids is 2. The second-order valence-electron chi connectivity index (χ2n) is 4.75. The summed E-state index contributed by atoms with van der Waals surface area (Å²) in [6.07, 6.45) is 0. The van der Waals surface area contributed by atoms with E-state index < -0.39 is 38.6 Å². The van der Waals surface area contributed by atoms with Crippen molar-refractivity contribution in [3.63, 3.8) is 0 Å². The molecule has 21 heavy (non-hydrogen) atoms. The fourth-order valence-electron chi connectivity index (χ4n) is 1.69. The number of esters is 1. The van der Waals surface area contributed by atoms with Gasteiger partial charge in [-0.1, -0.05) is 25.1 Å². The van der Waals surface area contributed by atoms with Crippen molar-refractivity contribution in [3.8, 4) is 0 Å². The first kappa shape index (κ1) is 17.2. The Bertz CT molecular complexity index is 597. The summed E-state index contributed by atoms with van der Waals surface area (Å²) in [5.41, 5.74) is 0.519. The molecular weight excluding hydrogens is 294 g/mol. The van der Waals surface area contributed by atoms with Gasteiger partial charge >= 0.3 is 5.97 Å². The van der Waals surface area contributed by atoms with Crippen molar-refractivity contribution in [2.45, 2.75) is 19.1 Å². The Labute approximate surface area is 124 Å². The standard InChI is InChI=1S/C14H19NO5S/c1-10(14(17)20-3)9-21(18,19)11(2)13(16)15-12-7-5-4-6-8-12/h4-8,10-11H,9H2,1-3H3,(H,15,16). The van der Waals surface area contributed by atoms with Crippen LogP contribution >= 0.6 is 0 Å². The van der Waals surface area contributed by atoms with Crippen LogP contribution in [0.15, 0.2) is 30.3 Å². The lowest BCUT2D eigenvalue weighted by Crippen LogP contribution is -2.36. The van der Waals surface area contributed by atoms with Crippen LogP contribution in [0.3, 0.4) is 0 Å². The predicted molar refractivity (Wildman–Crippen MR) is 79.5 cm³/mol. The molecule has 0 bridgehead atoms. The maximum Gasteiger partial charge on any atom is 0.309 e. The maximum absolute atomic E-state index is 12.1. The summed E-state index contributed by atoms with van der Waals surface area (Å²) in [4.78, 5) is 23.3. The highest BCUT2D eigenvalue weighted by molar-refractivity contribution is 7.92. The van der Waals surface area contributed by atoms with E-state index in [1.54, 1.807) is 30.3 Å². The topological polar surface area (TPSA) is 89.5 Å². The third-order valence-corrected chi connectivity index (χ3v) is 5.29. The number of methoxy groups -OCH3 is 1. The van der Waals surface area contributed by atoms with Crippen LogP contribution in [-0.2, 0) is 24.2 Å². The zero-order valence-electron chi connectivity index (χ0n) is 12.2. The van der Waals surface area contributed by atoms with Crippen LogP contribution in [-0.4, -0.2) is 38.4 Å². The zero-order chi connectivity index (χ0) is 16.0. The number of carbonyl (C=O) groups is 2. The quantitative estimate of drug-likeness (QED) is 0.798. The van der Waals surface area contributed by atoms with Crippen LogP contribution < -0.4 is 5.32 Å². The van der Waals surface area contributed by atoms with E-state index in [9.17, 15) is 18.0 Å². The van der Waals surface area contributed by atoms with Crippen molar-refractivity contribution in [2.75, 3.05) is 18.2 Å². The Kier molecular flexibility index (Phi) is 5.90. The molecule has 1 aromatic rings. The van der Waals surface area contributed by atoms with Crippen molar-refractivity contribution in [1.82, 2.24) is 0 Å². The molecule has 2 atom stereocenters. The SMILES string of the molecule is COC(=O)C(C)CS(=O)(=O)C(C)C(=O)Nc1ccccc1. The third-order valence-electron chi connectivity index (χ3n) is 3.04. The van der Waals surface area contributed by atoms with Gasteiger partial charge in [0, 0.05) is 5.69 Å². The molecule has 0 spiro atoms. The van der Waals surface area contributed by atoms with E-state index in [2.05, 4.69) is 10.1 Å². The van der Waals surface area contributed by atoms with E-state index in [1.807, 2.05) is 0 Å². The summed E-state index contributed by atoms with van der Waals surface area (Å²) < 4.78 is 28.7. The van der Waals surface area contributed by atoms with Crippen molar-refractivity contribution in [3.05, 3.63) is 30.3 Å². The van der Waals surface area contributed by atoms with E-state index in [-0.39, 0.29) is 0 Å². The fourth-order valence-corrected chi connectivity index (χ4v) is 3.20. The van der Waals surface area contributed by atoms with Crippen LogP contribution in [0.1, 0.15) is 13.8 Å². The van der Waals surface area contributed by atoms with Gasteiger partial charge in [-0.05, 0) is 19.1 Å². The van der Waals surface area contributed by atoms with Crippen molar-refractivity contribution >= 4 is 27.4 Å². The molecule has 6 nitrogen and oxygen atoms in total. The minimum absolute atomic E-state index is 0.428. The molecule has 1 aromatic carbocycles. The highest BCUT2D eigenvalue weighted by atomic mass is 32.2. The molecule has 1 rings (SSSR count). The molecule has 2 unspecified atom stereocenters. The lowest BCUT2D eigenvalue weighted by molar-refractivity contribution is -0.144. The first-order valence-electron chi connectivity index (χ1n) is 6.43. The van der Waals surface area contributed by atoms with E-state index in [0.717, 1.165) is 0 Å². The Morgan fingerprint density at radius 2 is 1.76 bits per heavy atom. The smallest absolute Gasteiger partial charge is 0.309 e. The maximum atomic E-state index is 12.1. The van der Waals surface area contributed by atoms with E-state index in [0.29, 0.717) is 5.69 Å². The molecule has 0 aliphatic carbocycles. The molecule has 0 saturated heterocycles. The molecule has 0 radical (unpaired) electrons. The van der Waals surface area contributed by atoms with E-state index >= 15 is 0 Å². The minimum Gasteiger partial charge on any atom is -0.469 e. The number of hydrogen-bond donors (Lipinski definition) is 1. The molecular formula is C14H19NO5S. The molecule has 7 heteroatoms. The number of benzene rings is 1. The van der Waals surface area contributed by atoms with Crippen LogP contribution in [0.4, 0.5) is 5.69 Å². The number of sulfone groups is 1. The monoisotopic (exact) mass is 313 g/mol. The van der Waals surface area contributed by atoms with Gasteiger partial charge in [0.25, 0.3) is 0 Å². The number of ether oxygens (including phenoxy) is 1. The van der Waals surface area contributed by atoms with Gasteiger partial charge in [0.15, 0.2) is 9.84 Å². The Morgan fingerprint density at radius 3 is 2.29 bits per heavy atom. The number of rotatable bonds is 6. The summed E-state index contributed by atoms with van der Waals surface area (Å²) in [6.45, 7) is 2.75. The number of para-hydroxylation sites is 1. The average Bonchev–Trinajstić information content (AvgIpc) is 2.45. The summed E-state index contributed by atoms with van der Waals surface area (Å²) >= 11 is 0. The molecule has 0 aliphatic heterocycles. The molecule has 1 N–H and O–H groups in total. The number of nitrogens with one attached hydrogen (secondary N) is 1. The van der Waals surface area contributed by atoms with Gasteiger partial charge in [0.1, 0.15) is 5.25 Å². The second-order valence-corrected chi connectivity index (χ2v) is 7.12. The fraction of sp³-hybridized carbons (Fsp3) is 0.429. The van der Waals surface area contributed by atoms with E-state index in [4.69, 9.17) is 0 Å². The molecule has 0 aliphatic rings. The summed E-state index contributed by atoms with van der Waals surface area (Å²) in [7, 11) is -2.56. The summed E-state index contributed by atoms with van der Waals surface area (Å²) in [5.74, 6) is -2.48. The lowest BCUT2D eigenvalue weighted by atomic mass is 10.2. The molecule has 0 fully saturated rings. The lowest BCUT2D eigenvalue weighted by Gasteiger charge is -2.15. The second kappa shape index (κ2) is 7.21. The molecule has 0 heterocycles. The van der Waals surface area contributed by atoms with Crippen LogP contribution in [0.25, 0.3) is 0 Å². The number of anilines is 1. The Hall–Kier alpha value is -1.89. The van der Waals surface area contributed by atoms with Crippen molar-refractivity contribution < 1.29 is 22.7 Å². The number of hydrogen-bond acceptors (Lipinski definition) is 5. The van der Waals surface area contributed by atoms with Gasteiger partial charge in [-0.2, -0.15) is 0 Å². The Balaban J connectivity index is 2.74. The number of amides is 1. The highest BCUT2D eigenvalue weighted by Crippen LogP contribution is 2.12. The van der Waals surface area contributed by atoms with Crippen molar-refractivity contribution in [1.29, 1.82) is 0 Å². The molecule has 0 saturated carbocycles. The molecule has 0 aromatic heterocycles. The zero-order valence-corrected chi connectivity index (χ0v) is 13.0. The van der Waals surface area contributed by atoms with E-state index in [1.165, 1.54) is 21.0 Å². The first-order chi connectivity index (χ1) is 9.77. The van der Waals surface area contributed by atoms with Gasteiger partial charge in [-0.25, -0.2) is 8.42 Å². The van der Waals surface area contributed by atoms with Crippen LogP contribution in [0, 0.1) is 5.92 Å². The summed E-state index contributed by atoms with van der Waals surface area (Å²) in [5, 5.41) is 1.28. The van der Waals surface area contributed by atoms with Crippen molar-refractivity contribution in [2.24, 2.45) is 5.92 Å². The van der Waals surface area contributed by atoms with Gasteiger partial charge in [0.2, 0.25) is 5.91 Å². The third kappa shape index (κ3) is 4.86. The Morgan fingerprint density at radius 1 is 1.19 bits per heavy atom. The summed E-state index contributed by atoms with van der Waals surface area (Å²) in [6, 6.07) is 8.57. The molecule has 116 valence electrons. The normalized spacial score (nSPS) is 14.0. The highest BCUT2D eigenvalue weighted by Gasteiger charge is 2.31. The van der Waals surface area contributed by atoms with Gasteiger partial charge in [-0.15, -0.1) is 0 Å². The largest absolute Gasteiger partial charge is 0.469 e. The van der Waals surface area contributed by atoms with Crippen LogP contribution in [0.5, 0.6) is 0 Å². The van der Waals surface area contributed by atoms with Gasteiger partial charge < -0.3 is 10.1 Å². The van der Waals surface area contributed by atoms with Gasteiger partial charge in [-0.3, -0.25) is 9.59 Å². The predicted octanol–water partition coefficient (Wildman–Crippen LogP) is 1.24. The first-order valence-corrected chi connectivity index (χ1v) is 8.14. The van der Waals surface area contributed by atoms with Gasteiger partial charge in [0.05, 0.1) is 18.8 Å². The minimum atomic E-state index is -3.75. The average molecular weight is 313 g/mol. The van der Waals surface area contributed by atoms with Crippen LogP contribution in [0.2, 0.25) is 0 Å². The molecule has 1 amide bonds.